The van der Waals surface area contributed by atoms with Crippen LogP contribution in [0.2, 0.25) is 10.0 Å². The van der Waals surface area contributed by atoms with Gasteiger partial charge in [0.05, 0.1) is 33.8 Å². The van der Waals surface area contributed by atoms with Crippen molar-refractivity contribution in [1.82, 2.24) is 19.6 Å². The number of carbonyl (C=O) groups is 1. The minimum absolute atomic E-state index is 0.163. The van der Waals surface area contributed by atoms with E-state index in [-0.39, 0.29) is 22.1 Å². The molecular weight excluding hydrogens is 637 g/mol. The molecule has 2 aliphatic rings. The Bertz CT molecular complexity index is 1720. The van der Waals surface area contributed by atoms with Crippen LogP contribution in [0.15, 0.2) is 72.1 Å². The van der Waals surface area contributed by atoms with Gasteiger partial charge in [0.1, 0.15) is 0 Å². The van der Waals surface area contributed by atoms with Crippen LogP contribution in [0, 0.1) is 0 Å². The maximum atomic E-state index is 12.8. The van der Waals surface area contributed by atoms with E-state index in [1.165, 1.54) is 12.4 Å². The van der Waals surface area contributed by atoms with Gasteiger partial charge >= 0.3 is 0 Å². The van der Waals surface area contributed by atoms with Gasteiger partial charge in [0.2, 0.25) is 10.0 Å². The molecule has 1 aliphatic carbocycles. The molecule has 6 rings (SSSR count). The summed E-state index contributed by atoms with van der Waals surface area (Å²) in [5, 5.41) is 8.07. The van der Waals surface area contributed by atoms with Crippen LogP contribution in [-0.2, 0) is 10.0 Å². The quantitative estimate of drug-likeness (QED) is 0.239. The topological polar surface area (TPSA) is 123 Å². The van der Waals surface area contributed by atoms with Crippen LogP contribution in [0.5, 0.6) is 11.5 Å². The van der Waals surface area contributed by atoms with Crippen LogP contribution >= 0.6 is 23.2 Å². The molecule has 2 aromatic carbocycles. The molecule has 10 nitrogen and oxygen atoms in total. The second kappa shape index (κ2) is 15.2. The summed E-state index contributed by atoms with van der Waals surface area (Å²) in [6, 6.07) is 12.1. The van der Waals surface area contributed by atoms with Crippen molar-refractivity contribution in [3.8, 4) is 11.5 Å². The summed E-state index contributed by atoms with van der Waals surface area (Å²) < 4.78 is 38.6. The van der Waals surface area contributed by atoms with E-state index in [1.807, 2.05) is 6.07 Å². The molecule has 0 bridgehead atoms. The molecule has 0 atom stereocenters. The van der Waals surface area contributed by atoms with Crippen LogP contribution in [0.3, 0.4) is 0 Å². The van der Waals surface area contributed by atoms with Gasteiger partial charge in [-0.05, 0) is 69.0 Å². The van der Waals surface area contributed by atoms with Crippen molar-refractivity contribution in [2.75, 3.05) is 38.6 Å². The number of amides is 1. The molecule has 13 heteroatoms. The zero-order chi connectivity index (χ0) is 31.8. The van der Waals surface area contributed by atoms with Gasteiger partial charge in [-0.1, -0.05) is 35.3 Å². The number of nitrogens with one attached hydrogen (secondary N) is 2. The fraction of sp³-hybridized carbons (Fsp3) is 0.344. The Morgan fingerprint density at radius 3 is 2.49 bits per heavy atom. The monoisotopic (exact) mass is 671 g/mol. The van der Waals surface area contributed by atoms with Crippen LogP contribution < -0.4 is 20.1 Å². The van der Waals surface area contributed by atoms with Gasteiger partial charge < -0.3 is 20.1 Å². The highest BCUT2D eigenvalue weighted by molar-refractivity contribution is 7.89. The Hall–Kier alpha value is -3.48. The Balaban J connectivity index is 0.000000182. The lowest BCUT2D eigenvalue weighted by molar-refractivity contribution is 0.102. The summed E-state index contributed by atoms with van der Waals surface area (Å²) in [5.41, 5.74) is 0.759. The van der Waals surface area contributed by atoms with E-state index < -0.39 is 10.0 Å². The molecule has 2 N–H and O–H groups in total. The number of nitrogens with zero attached hydrogens (tertiary/aromatic N) is 3. The maximum Gasteiger partial charge on any atom is 0.255 e. The van der Waals surface area contributed by atoms with Gasteiger partial charge in [0, 0.05) is 60.8 Å². The van der Waals surface area contributed by atoms with E-state index in [0.717, 1.165) is 49.4 Å². The molecule has 0 radical (unpaired) electrons. The molecule has 238 valence electrons. The smallest absolute Gasteiger partial charge is 0.255 e. The zero-order valence-electron chi connectivity index (χ0n) is 24.8. The Kier molecular flexibility index (Phi) is 11.1. The van der Waals surface area contributed by atoms with E-state index in [0.29, 0.717) is 47.3 Å². The number of benzene rings is 2. The first kappa shape index (κ1) is 32.9. The number of sulfonamides is 1. The summed E-state index contributed by atoms with van der Waals surface area (Å²) >= 11 is 12.1. The molecule has 45 heavy (non-hydrogen) atoms. The summed E-state index contributed by atoms with van der Waals surface area (Å²) in [6.45, 7) is 2.65. The van der Waals surface area contributed by atoms with Gasteiger partial charge in [0.15, 0.2) is 11.5 Å². The first-order valence-corrected chi connectivity index (χ1v) is 17.0. The highest BCUT2D eigenvalue weighted by atomic mass is 35.5. The zero-order valence-corrected chi connectivity index (χ0v) is 27.2. The number of aromatic nitrogens is 2. The molecule has 1 saturated carbocycles. The molecule has 1 saturated heterocycles. The van der Waals surface area contributed by atoms with Gasteiger partial charge in [-0.15, -0.1) is 0 Å². The Morgan fingerprint density at radius 2 is 1.73 bits per heavy atom. The lowest BCUT2D eigenvalue weighted by atomic mass is 10.1. The lowest BCUT2D eigenvalue weighted by Gasteiger charge is -2.20. The van der Waals surface area contributed by atoms with Crippen molar-refractivity contribution in [3.05, 3.63) is 82.9 Å². The third kappa shape index (κ3) is 8.03. The number of fused-ring (bicyclic) bond motifs is 1. The molecule has 3 heterocycles. The fourth-order valence-electron chi connectivity index (χ4n) is 5.33. The van der Waals surface area contributed by atoms with Crippen molar-refractivity contribution in [2.24, 2.45) is 0 Å². The van der Waals surface area contributed by atoms with Crippen molar-refractivity contribution >= 4 is 55.6 Å². The number of halogens is 2. The average molecular weight is 673 g/mol. The molecule has 1 amide bonds. The second-order valence-corrected chi connectivity index (χ2v) is 13.4. The number of methoxy groups -OCH3 is 1. The van der Waals surface area contributed by atoms with E-state index in [4.69, 9.17) is 32.7 Å². The van der Waals surface area contributed by atoms with E-state index in [9.17, 15) is 13.2 Å². The Morgan fingerprint density at radius 1 is 0.956 bits per heavy atom. The second-order valence-electron chi connectivity index (χ2n) is 10.7. The number of rotatable bonds is 7. The van der Waals surface area contributed by atoms with Gasteiger partial charge in [-0.2, -0.15) is 4.31 Å². The van der Waals surface area contributed by atoms with Gasteiger partial charge in [-0.25, -0.2) is 8.42 Å². The standard InChI is InChI=1S/C18H18Cl2N2O3.C14H17N3O2S/c1-24-15-7-6-11(8-16(15)25-12-4-2-3-5-12)18(23)22-17-13(19)9-21-10-14(17)20;18-20(19,17-9-2-6-15-8-10-17)14-4-1-3-12-11-16-7-5-13(12)14/h6-10,12H,2-5H2,1H3,(H,21,22,23);1,3-5,7,11,15H,2,6,8-10H2. The van der Waals surface area contributed by atoms with Crippen molar-refractivity contribution in [2.45, 2.75) is 43.1 Å². The van der Waals surface area contributed by atoms with E-state index in [1.54, 1.807) is 60.2 Å². The largest absolute Gasteiger partial charge is 0.493 e. The van der Waals surface area contributed by atoms with Gasteiger partial charge in [-0.3, -0.25) is 14.8 Å². The first-order valence-electron chi connectivity index (χ1n) is 14.8. The molecule has 1 aliphatic heterocycles. The average Bonchev–Trinajstić information content (AvgIpc) is 3.40. The fourth-order valence-corrected chi connectivity index (χ4v) is 7.48. The number of ether oxygens (including phenoxy) is 2. The van der Waals surface area contributed by atoms with Crippen molar-refractivity contribution in [3.63, 3.8) is 0 Å². The van der Waals surface area contributed by atoms with Crippen LogP contribution in [0.25, 0.3) is 10.8 Å². The molecular formula is C32H35Cl2N5O5S. The molecule has 4 aromatic rings. The minimum Gasteiger partial charge on any atom is -0.493 e. The summed E-state index contributed by atoms with van der Waals surface area (Å²) in [5.74, 6) is 0.825. The SMILES string of the molecule is COc1ccc(C(=O)Nc2c(Cl)cncc2Cl)cc1OC1CCCC1.O=S(=O)(c1cccc2cnccc12)N1CCCNCC1. The number of carbonyl (C=O) groups excluding carboxylic acids is 1. The van der Waals surface area contributed by atoms with Crippen LogP contribution in [0.1, 0.15) is 42.5 Å². The molecule has 2 fully saturated rings. The predicted octanol–water partition coefficient (Wildman–Crippen LogP) is 6.19. The Labute approximate surface area is 273 Å². The summed E-state index contributed by atoms with van der Waals surface area (Å²) in [4.78, 5) is 20.8. The predicted molar refractivity (Wildman–Crippen MR) is 176 cm³/mol. The minimum atomic E-state index is -3.45. The van der Waals surface area contributed by atoms with Crippen LogP contribution in [0.4, 0.5) is 5.69 Å². The number of pyridine rings is 2. The number of hydrogen-bond donors (Lipinski definition) is 2. The molecule has 2 aromatic heterocycles. The maximum absolute atomic E-state index is 12.8. The van der Waals surface area contributed by atoms with Crippen LogP contribution in [-0.4, -0.2) is 68.0 Å². The third-order valence-corrected chi connectivity index (χ3v) is 10.2. The first-order chi connectivity index (χ1) is 21.8. The highest BCUT2D eigenvalue weighted by Gasteiger charge is 2.26. The van der Waals surface area contributed by atoms with E-state index in [2.05, 4.69) is 20.6 Å². The van der Waals surface area contributed by atoms with Crippen molar-refractivity contribution < 1.29 is 22.7 Å². The molecule has 0 unspecified atom stereocenters. The van der Waals surface area contributed by atoms with E-state index >= 15 is 0 Å². The number of hydrogen-bond acceptors (Lipinski definition) is 8. The normalized spacial score (nSPS) is 16.0. The number of anilines is 1. The third-order valence-electron chi connectivity index (χ3n) is 7.67. The van der Waals surface area contributed by atoms with Crippen molar-refractivity contribution in [1.29, 1.82) is 0 Å². The lowest BCUT2D eigenvalue weighted by Crippen LogP contribution is -2.34. The van der Waals surface area contributed by atoms with Gasteiger partial charge in [0.25, 0.3) is 5.91 Å². The summed E-state index contributed by atoms with van der Waals surface area (Å²) in [6.07, 6.45) is 11.5. The highest BCUT2D eigenvalue weighted by Crippen LogP contribution is 2.34. The summed E-state index contributed by atoms with van der Waals surface area (Å²) in [7, 11) is -1.87. The molecule has 0 spiro atoms.